The zero-order chi connectivity index (χ0) is 17.3. The first-order chi connectivity index (χ1) is 10.6. The van der Waals surface area contributed by atoms with Crippen LogP contribution in [0.2, 0.25) is 0 Å². The Labute approximate surface area is 134 Å². The van der Waals surface area contributed by atoms with Crippen LogP contribution in [-0.2, 0) is 18.1 Å². The van der Waals surface area contributed by atoms with Crippen molar-refractivity contribution < 1.29 is 22.5 Å². The Hall–Kier alpha value is -2.10. The lowest BCUT2D eigenvalue weighted by molar-refractivity contribution is -0.142. The SMILES string of the molecule is CC(C)(C)c1csc(CNC(=O)Nc2cc(C(F)(F)F)no2)n1. The van der Waals surface area contributed by atoms with Crippen LogP contribution in [0, 0.1) is 0 Å². The Kier molecular flexibility index (Phi) is 4.64. The highest BCUT2D eigenvalue weighted by Crippen LogP contribution is 2.29. The highest BCUT2D eigenvalue weighted by Gasteiger charge is 2.35. The fourth-order valence-corrected chi connectivity index (χ4v) is 2.48. The molecule has 0 saturated heterocycles. The largest absolute Gasteiger partial charge is 0.436 e. The van der Waals surface area contributed by atoms with Gasteiger partial charge in [-0.2, -0.15) is 13.2 Å². The molecule has 2 amide bonds. The van der Waals surface area contributed by atoms with E-state index in [-0.39, 0.29) is 17.8 Å². The lowest BCUT2D eigenvalue weighted by Crippen LogP contribution is -2.28. The molecule has 10 heteroatoms. The molecule has 0 atom stereocenters. The van der Waals surface area contributed by atoms with Gasteiger partial charge in [0.05, 0.1) is 12.2 Å². The highest BCUT2D eigenvalue weighted by atomic mass is 32.1. The summed E-state index contributed by atoms with van der Waals surface area (Å²) in [4.78, 5) is 16.0. The monoisotopic (exact) mass is 348 g/mol. The molecule has 0 aliphatic rings. The molecular weight excluding hydrogens is 333 g/mol. The third-order valence-corrected chi connectivity index (χ3v) is 3.61. The van der Waals surface area contributed by atoms with E-state index in [0.29, 0.717) is 11.1 Å². The fourth-order valence-electron chi connectivity index (χ4n) is 1.52. The molecule has 0 aromatic carbocycles. The molecule has 0 aliphatic carbocycles. The topological polar surface area (TPSA) is 80.0 Å². The van der Waals surface area contributed by atoms with Gasteiger partial charge in [-0.3, -0.25) is 5.32 Å². The number of alkyl halides is 3. The van der Waals surface area contributed by atoms with Gasteiger partial charge in [-0.1, -0.05) is 25.9 Å². The number of hydrogen-bond donors (Lipinski definition) is 2. The summed E-state index contributed by atoms with van der Waals surface area (Å²) < 4.78 is 41.5. The van der Waals surface area contributed by atoms with Gasteiger partial charge >= 0.3 is 12.2 Å². The van der Waals surface area contributed by atoms with Gasteiger partial charge < -0.3 is 9.84 Å². The van der Waals surface area contributed by atoms with Crippen molar-refractivity contribution in [2.24, 2.45) is 0 Å². The number of carbonyl (C=O) groups excluding carboxylic acids is 1. The number of urea groups is 1. The number of amides is 2. The lowest BCUT2D eigenvalue weighted by atomic mass is 9.93. The Morgan fingerprint density at radius 3 is 2.52 bits per heavy atom. The first-order valence-electron chi connectivity index (χ1n) is 6.59. The molecule has 0 saturated carbocycles. The minimum atomic E-state index is -4.62. The van der Waals surface area contributed by atoms with Crippen molar-refractivity contribution in [1.82, 2.24) is 15.5 Å². The number of aromatic nitrogens is 2. The summed E-state index contributed by atoms with van der Waals surface area (Å²) in [6, 6.07) is -0.0943. The van der Waals surface area contributed by atoms with E-state index in [0.717, 1.165) is 5.69 Å². The molecule has 0 bridgehead atoms. The quantitative estimate of drug-likeness (QED) is 0.885. The highest BCUT2D eigenvalue weighted by molar-refractivity contribution is 7.09. The molecule has 23 heavy (non-hydrogen) atoms. The van der Waals surface area contributed by atoms with E-state index in [2.05, 4.69) is 25.3 Å². The molecule has 2 N–H and O–H groups in total. The maximum atomic E-state index is 12.3. The summed E-state index contributed by atoms with van der Waals surface area (Å²) in [5.74, 6) is -0.385. The molecule has 2 heterocycles. The van der Waals surface area contributed by atoms with Crippen molar-refractivity contribution in [3.05, 3.63) is 27.8 Å². The summed E-state index contributed by atoms with van der Waals surface area (Å²) in [7, 11) is 0. The number of thiazole rings is 1. The average Bonchev–Trinajstić information content (AvgIpc) is 3.03. The summed E-state index contributed by atoms with van der Waals surface area (Å²) in [6.07, 6.45) is -4.62. The van der Waals surface area contributed by atoms with Crippen molar-refractivity contribution in [1.29, 1.82) is 0 Å². The van der Waals surface area contributed by atoms with Crippen LogP contribution in [0.5, 0.6) is 0 Å². The van der Waals surface area contributed by atoms with Gasteiger partial charge in [0, 0.05) is 16.9 Å². The minimum absolute atomic E-state index is 0.0924. The van der Waals surface area contributed by atoms with E-state index in [9.17, 15) is 18.0 Å². The molecule has 0 aliphatic heterocycles. The van der Waals surface area contributed by atoms with Gasteiger partial charge in [-0.15, -0.1) is 11.3 Å². The smallest absolute Gasteiger partial charge is 0.338 e. The maximum Gasteiger partial charge on any atom is 0.436 e. The van der Waals surface area contributed by atoms with Crippen LogP contribution < -0.4 is 10.6 Å². The van der Waals surface area contributed by atoms with Crippen LogP contribution in [0.25, 0.3) is 0 Å². The first kappa shape index (κ1) is 17.3. The van der Waals surface area contributed by atoms with Crippen molar-refractivity contribution in [2.75, 3.05) is 5.32 Å². The van der Waals surface area contributed by atoms with E-state index >= 15 is 0 Å². The molecule has 0 fully saturated rings. The number of nitrogens with one attached hydrogen (secondary N) is 2. The summed E-state index contributed by atoms with van der Waals surface area (Å²) >= 11 is 1.39. The van der Waals surface area contributed by atoms with Crippen LogP contribution in [0.1, 0.15) is 37.2 Å². The Morgan fingerprint density at radius 2 is 2.00 bits per heavy atom. The molecule has 2 rings (SSSR count). The van der Waals surface area contributed by atoms with Crippen molar-refractivity contribution >= 4 is 23.3 Å². The van der Waals surface area contributed by atoms with Crippen molar-refractivity contribution in [3.63, 3.8) is 0 Å². The van der Waals surface area contributed by atoms with Crippen LogP contribution in [0.15, 0.2) is 16.0 Å². The molecule has 6 nitrogen and oxygen atoms in total. The van der Waals surface area contributed by atoms with Gasteiger partial charge in [0.25, 0.3) is 0 Å². The van der Waals surface area contributed by atoms with E-state index in [1.807, 2.05) is 26.2 Å². The number of carbonyl (C=O) groups is 1. The van der Waals surface area contributed by atoms with Crippen molar-refractivity contribution in [3.8, 4) is 0 Å². The second-order valence-corrected chi connectivity index (χ2v) is 6.70. The van der Waals surface area contributed by atoms with E-state index in [4.69, 9.17) is 0 Å². The molecular formula is C13H15F3N4O2S. The van der Waals surface area contributed by atoms with Gasteiger partial charge in [0.1, 0.15) is 5.01 Å². The predicted octanol–water partition coefficient (Wildman–Crippen LogP) is 3.77. The van der Waals surface area contributed by atoms with Crippen LogP contribution in [0.3, 0.4) is 0 Å². The summed E-state index contributed by atoms with van der Waals surface area (Å²) in [6.45, 7) is 6.23. The second kappa shape index (κ2) is 6.19. The second-order valence-electron chi connectivity index (χ2n) is 5.76. The fraction of sp³-hybridized carbons (Fsp3) is 0.462. The normalized spacial score (nSPS) is 12.3. The number of rotatable bonds is 3. The number of hydrogen-bond acceptors (Lipinski definition) is 5. The molecule has 0 spiro atoms. The third-order valence-electron chi connectivity index (χ3n) is 2.76. The van der Waals surface area contributed by atoms with E-state index in [1.54, 1.807) is 0 Å². The standard InChI is InChI=1S/C13H15F3N4O2S/c1-12(2,3)8-6-23-10(18-8)5-17-11(21)19-9-4-7(20-22-9)13(14,15)16/h4,6H,5H2,1-3H3,(H2,17,19,21). The van der Waals surface area contributed by atoms with E-state index < -0.39 is 17.9 Å². The molecule has 2 aromatic rings. The average molecular weight is 348 g/mol. The lowest BCUT2D eigenvalue weighted by Gasteiger charge is -2.14. The van der Waals surface area contributed by atoms with Gasteiger partial charge in [0.2, 0.25) is 5.88 Å². The summed E-state index contributed by atoms with van der Waals surface area (Å²) in [5.41, 5.74) is -0.391. The minimum Gasteiger partial charge on any atom is -0.338 e. The molecule has 0 unspecified atom stereocenters. The summed E-state index contributed by atoms with van der Waals surface area (Å²) in [5, 5.41) is 10.1. The molecule has 0 radical (unpaired) electrons. The van der Waals surface area contributed by atoms with Gasteiger partial charge in [0.15, 0.2) is 5.69 Å². The Balaban J connectivity index is 1.88. The number of halogens is 3. The first-order valence-corrected chi connectivity index (χ1v) is 7.47. The third kappa shape index (κ3) is 4.68. The zero-order valence-electron chi connectivity index (χ0n) is 12.6. The molecule has 126 valence electrons. The Bertz CT molecular complexity index is 688. The molecule has 2 aromatic heterocycles. The Morgan fingerprint density at radius 1 is 1.30 bits per heavy atom. The van der Waals surface area contributed by atoms with Crippen LogP contribution in [-0.4, -0.2) is 16.2 Å². The maximum absolute atomic E-state index is 12.3. The van der Waals surface area contributed by atoms with Crippen molar-refractivity contribution in [2.45, 2.75) is 38.9 Å². The van der Waals surface area contributed by atoms with Gasteiger partial charge in [-0.25, -0.2) is 9.78 Å². The predicted molar refractivity (Wildman–Crippen MR) is 78.2 cm³/mol. The number of nitrogens with zero attached hydrogens (tertiary/aromatic N) is 2. The van der Waals surface area contributed by atoms with E-state index in [1.165, 1.54) is 11.3 Å². The zero-order valence-corrected chi connectivity index (χ0v) is 13.4. The number of anilines is 1. The van der Waals surface area contributed by atoms with Crippen LogP contribution >= 0.6 is 11.3 Å². The van der Waals surface area contributed by atoms with Crippen LogP contribution in [0.4, 0.5) is 23.8 Å². The van der Waals surface area contributed by atoms with Gasteiger partial charge in [-0.05, 0) is 0 Å².